The Balaban J connectivity index is 2.64. The number of hydrogen-bond donors (Lipinski definition) is 0. The molecule has 0 aromatic carbocycles. The van der Waals surface area contributed by atoms with Gasteiger partial charge in [-0.25, -0.2) is 0 Å². The van der Waals surface area contributed by atoms with Crippen molar-refractivity contribution in [1.82, 2.24) is 9.80 Å². The van der Waals surface area contributed by atoms with E-state index in [0.29, 0.717) is 19.7 Å². The summed E-state index contributed by atoms with van der Waals surface area (Å²) in [5.41, 5.74) is 0. The lowest BCUT2D eigenvalue weighted by atomic mass is 10.1. The molecule has 0 aliphatic carbocycles. The Labute approximate surface area is 120 Å². The number of hydrogen-bond acceptors (Lipinski definition) is 4. The van der Waals surface area contributed by atoms with Gasteiger partial charge in [-0.2, -0.15) is 0 Å². The van der Waals surface area contributed by atoms with Crippen LogP contribution in [0.5, 0.6) is 0 Å². The van der Waals surface area contributed by atoms with Crippen molar-refractivity contribution in [2.24, 2.45) is 5.92 Å². The van der Waals surface area contributed by atoms with Crippen LogP contribution in [0.3, 0.4) is 0 Å². The van der Waals surface area contributed by atoms with Crippen LogP contribution in [0.4, 0.5) is 0 Å². The summed E-state index contributed by atoms with van der Waals surface area (Å²) in [4.78, 5) is 38.8. The van der Waals surface area contributed by atoms with Gasteiger partial charge in [-0.1, -0.05) is 0 Å². The molecule has 1 aliphatic heterocycles. The summed E-state index contributed by atoms with van der Waals surface area (Å²) < 4.78 is 4.86. The van der Waals surface area contributed by atoms with E-state index in [4.69, 9.17) is 4.74 Å². The van der Waals surface area contributed by atoms with Gasteiger partial charge in [0.15, 0.2) is 0 Å². The molecule has 1 heterocycles. The van der Waals surface area contributed by atoms with Crippen molar-refractivity contribution in [3.8, 4) is 0 Å². The molecule has 114 valence electrons. The molecule has 0 unspecified atom stereocenters. The molecule has 0 N–H and O–H groups in total. The number of carbonyl (C=O) groups excluding carboxylic acids is 3. The Bertz CT molecular complexity index is 381. The average Bonchev–Trinajstić information content (AvgIpc) is 2.77. The summed E-state index contributed by atoms with van der Waals surface area (Å²) in [7, 11) is 0. The number of nitrogens with zero attached hydrogens (tertiary/aromatic N) is 2. The third kappa shape index (κ3) is 3.95. The van der Waals surface area contributed by atoms with Crippen LogP contribution in [-0.4, -0.2) is 59.9 Å². The van der Waals surface area contributed by atoms with Crippen LogP contribution in [0.1, 0.15) is 34.1 Å². The topological polar surface area (TPSA) is 66.9 Å². The standard InChI is InChI=1S/C14H24N2O4/c1-5-15(9-13(18)20-6-2)14(19)11-7-12(17)16(8-11)10(3)4/h10-11H,5-9H2,1-4H3/t11-/m0/s1. The van der Waals surface area contributed by atoms with Crippen molar-refractivity contribution >= 4 is 17.8 Å². The summed E-state index contributed by atoms with van der Waals surface area (Å²) >= 11 is 0. The first-order valence-electron chi connectivity index (χ1n) is 7.14. The van der Waals surface area contributed by atoms with Crippen molar-refractivity contribution in [2.75, 3.05) is 26.2 Å². The van der Waals surface area contributed by atoms with Crippen molar-refractivity contribution in [2.45, 2.75) is 40.2 Å². The summed E-state index contributed by atoms with van der Waals surface area (Å²) in [6.45, 7) is 8.53. The van der Waals surface area contributed by atoms with Crippen LogP contribution in [0.2, 0.25) is 0 Å². The largest absolute Gasteiger partial charge is 0.465 e. The van der Waals surface area contributed by atoms with Crippen LogP contribution in [0.25, 0.3) is 0 Å². The number of rotatable bonds is 6. The fourth-order valence-corrected chi connectivity index (χ4v) is 2.36. The van der Waals surface area contributed by atoms with E-state index in [1.165, 1.54) is 4.90 Å². The van der Waals surface area contributed by atoms with Gasteiger partial charge in [-0.15, -0.1) is 0 Å². The molecule has 1 aliphatic rings. The Hall–Kier alpha value is -1.59. The van der Waals surface area contributed by atoms with E-state index >= 15 is 0 Å². The third-order valence-electron chi connectivity index (χ3n) is 3.45. The van der Waals surface area contributed by atoms with Gasteiger partial charge < -0.3 is 14.5 Å². The molecule has 20 heavy (non-hydrogen) atoms. The lowest BCUT2D eigenvalue weighted by molar-refractivity contribution is -0.150. The first kappa shape index (κ1) is 16.5. The minimum absolute atomic E-state index is 0.00513. The zero-order valence-electron chi connectivity index (χ0n) is 12.7. The van der Waals surface area contributed by atoms with E-state index in [-0.39, 0.29) is 36.7 Å². The second-order valence-electron chi connectivity index (χ2n) is 5.20. The molecule has 1 fully saturated rings. The smallest absolute Gasteiger partial charge is 0.325 e. The van der Waals surface area contributed by atoms with Gasteiger partial charge in [0.2, 0.25) is 11.8 Å². The van der Waals surface area contributed by atoms with Gasteiger partial charge in [0.1, 0.15) is 6.54 Å². The SMILES string of the molecule is CCOC(=O)CN(CC)C(=O)[C@H]1CC(=O)N(C(C)C)C1. The van der Waals surface area contributed by atoms with Crippen molar-refractivity contribution < 1.29 is 19.1 Å². The third-order valence-corrected chi connectivity index (χ3v) is 3.45. The lowest BCUT2D eigenvalue weighted by Crippen LogP contribution is -2.41. The van der Waals surface area contributed by atoms with E-state index in [1.807, 2.05) is 20.8 Å². The number of esters is 1. The Morgan fingerprint density at radius 2 is 2.05 bits per heavy atom. The number of ether oxygens (including phenoxy) is 1. The quantitative estimate of drug-likeness (QED) is 0.672. The fourth-order valence-electron chi connectivity index (χ4n) is 2.36. The predicted molar refractivity (Wildman–Crippen MR) is 73.8 cm³/mol. The lowest BCUT2D eigenvalue weighted by Gasteiger charge is -2.24. The Kier molecular flexibility index (Phi) is 5.98. The first-order chi connectivity index (χ1) is 9.40. The number of likely N-dealkylation sites (tertiary alicyclic amines) is 1. The van der Waals surface area contributed by atoms with E-state index in [9.17, 15) is 14.4 Å². The molecule has 2 amide bonds. The molecular formula is C14H24N2O4. The number of amides is 2. The summed E-state index contributed by atoms with van der Waals surface area (Å²) in [5, 5.41) is 0. The summed E-state index contributed by atoms with van der Waals surface area (Å²) in [5.74, 6) is -0.894. The Morgan fingerprint density at radius 1 is 1.40 bits per heavy atom. The minimum Gasteiger partial charge on any atom is -0.465 e. The highest BCUT2D eigenvalue weighted by Gasteiger charge is 2.37. The van der Waals surface area contributed by atoms with Gasteiger partial charge in [-0.3, -0.25) is 14.4 Å². The van der Waals surface area contributed by atoms with Gasteiger partial charge >= 0.3 is 5.97 Å². The highest BCUT2D eigenvalue weighted by atomic mass is 16.5. The molecule has 6 heteroatoms. The van der Waals surface area contributed by atoms with Crippen LogP contribution in [0, 0.1) is 5.92 Å². The second kappa shape index (κ2) is 7.26. The van der Waals surface area contributed by atoms with E-state index in [1.54, 1.807) is 11.8 Å². The van der Waals surface area contributed by atoms with Crippen molar-refractivity contribution in [3.05, 3.63) is 0 Å². The molecule has 0 radical (unpaired) electrons. The second-order valence-corrected chi connectivity index (χ2v) is 5.20. The molecule has 0 aromatic heterocycles. The maximum absolute atomic E-state index is 12.4. The molecule has 1 rings (SSSR count). The van der Waals surface area contributed by atoms with Crippen LogP contribution >= 0.6 is 0 Å². The van der Waals surface area contributed by atoms with E-state index in [2.05, 4.69) is 0 Å². The number of carbonyl (C=O) groups is 3. The molecule has 0 saturated carbocycles. The van der Waals surface area contributed by atoms with Gasteiger partial charge in [0.25, 0.3) is 0 Å². The van der Waals surface area contributed by atoms with Gasteiger partial charge in [0, 0.05) is 25.6 Å². The zero-order valence-corrected chi connectivity index (χ0v) is 12.7. The molecule has 0 bridgehead atoms. The normalized spacial score (nSPS) is 18.6. The van der Waals surface area contributed by atoms with Crippen LogP contribution in [-0.2, 0) is 19.1 Å². The molecule has 0 spiro atoms. The average molecular weight is 284 g/mol. The van der Waals surface area contributed by atoms with Crippen molar-refractivity contribution in [3.63, 3.8) is 0 Å². The maximum atomic E-state index is 12.4. The maximum Gasteiger partial charge on any atom is 0.325 e. The summed E-state index contributed by atoms with van der Waals surface area (Å²) in [6.07, 6.45) is 0.232. The minimum atomic E-state index is -0.410. The highest BCUT2D eigenvalue weighted by molar-refractivity contribution is 5.90. The predicted octanol–water partition coefficient (Wildman–Crippen LogP) is 0.655. The zero-order chi connectivity index (χ0) is 15.3. The van der Waals surface area contributed by atoms with E-state index in [0.717, 1.165) is 0 Å². The highest BCUT2D eigenvalue weighted by Crippen LogP contribution is 2.22. The molecule has 0 aromatic rings. The first-order valence-corrected chi connectivity index (χ1v) is 7.14. The summed E-state index contributed by atoms with van der Waals surface area (Å²) in [6, 6.07) is 0.0976. The Morgan fingerprint density at radius 3 is 2.50 bits per heavy atom. The molecule has 1 saturated heterocycles. The molecule has 1 atom stereocenters. The van der Waals surface area contributed by atoms with Crippen LogP contribution < -0.4 is 0 Å². The molecular weight excluding hydrogens is 260 g/mol. The number of likely N-dealkylation sites (N-methyl/N-ethyl adjacent to an activating group) is 1. The van der Waals surface area contributed by atoms with E-state index < -0.39 is 5.97 Å². The van der Waals surface area contributed by atoms with Gasteiger partial charge in [-0.05, 0) is 27.7 Å². The van der Waals surface area contributed by atoms with Crippen LogP contribution in [0.15, 0.2) is 0 Å². The monoisotopic (exact) mass is 284 g/mol. The van der Waals surface area contributed by atoms with Gasteiger partial charge in [0.05, 0.1) is 12.5 Å². The fraction of sp³-hybridized carbons (Fsp3) is 0.786. The molecule has 6 nitrogen and oxygen atoms in total. The van der Waals surface area contributed by atoms with Crippen molar-refractivity contribution in [1.29, 1.82) is 0 Å².